The molecule has 10 nitrogen and oxygen atoms in total. The molecule has 1 aromatic heterocycles. The van der Waals surface area contributed by atoms with E-state index in [4.69, 9.17) is 4.74 Å². The van der Waals surface area contributed by atoms with E-state index >= 15 is 0 Å². The highest BCUT2D eigenvalue weighted by atomic mass is 32.2. The Hall–Kier alpha value is -2.92. The summed E-state index contributed by atoms with van der Waals surface area (Å²) in [7, 11) is -3.63. The van der Waals surface area contributed by atoms with E-state index in [0.29, 0.717) is 56.1 Å². The van der Waals surface area contributed by atoms with Gasteiger partial charge in [0.2, 0.25) is 0 Å². The molecule has 5 rings (SSSR count). The third kappa shape index (κ3) is 3.28. The van der Waals surface area contributed by atoms with Crippen LogP contribution in [0, 0.1) is 0 Å². The first-order valence-corrected chi connectivity index (χ1v) is 11.8. The van der Waals surface area contributed by atoms with Crippen LogP contribution in [-0.2, 0) is 20.3 Å². The largest absolute Gasteiger partial charge is 0.465 e. The third-order valence-electron chi connectivity index (χ3n) is 6.10. The molecule has 3 aliphatic rings. The van der Waals surface area contributed by atoms with Crippen LogP contribution in [0.5, 0.6) is 0 Å². The van der Waals surface area contributed by atoms with Crippen LogP contribution in [0.1, 0.15) is 28.5 Å². The summed E-state index contributed by atoms with van der Waals surface area (Å²) in [5.41, 5.74) is 1.62. The second-order valence-electron chi connectivity index (χ2n) is 7.95. The van der Waals surface area contributed by atoms with Crippen molar-refractivity contribution < 1.29 is 27.9 Å². The lowest BCUT2D eigenvalue weighted by Crippen LogP contribution is -2.41. The van der Waals surface area contributed by atoms with Crippen LogP contribution < -0.4 is 0 Å². The summed E-state index contributed by atoms with van der Waals surface area (Å²) >= 11 is 0. The van der Waals surface area contributed by atoms with E-state index < -0.39 is 15.9 Å². The van der Waals surface area contributed by atoms with E-state index in [-0.39, 0.29) is 34.8 Å². The molecule has 1 atom stereocenters. The molecule has 0 saturated carbocycles. The van der Waals surface area contributed by atoms with Gasteiger partial charge in [-0.25, -0.2) is 13.2 Å². The molecule has 2 amide bonds. The predicted octanol–water partition coefficient (Wildman–Crippen LogP) is 1.23. The number of hydrogen-bond acceptors (Lipinski definition) is 6. The standard InChI is InChI=1S/C20H22N4O6S/c25-19(22-7-9-30-10-8-22)17-15-12-31(28,29)16-4-2-1-3-14(16)18(15)24(21-17)13-5-6-23(11-13)20(26)27/h1-4,13H,5-12H2,(H,26,27). The molecule has 4 heterocycles. The molecule has 0 aliphatic carbocycles. The van der Waals surface area contributed by atoms with Gasteiger partial charge in [-0.05, 0) is 12.5 Å². The molecule has 2 fully saturated rings. The second-order valence-corrected chi connectivity index (χ2v) is 9.91. The Balaban J connectivity index is 1.66. The number of carboxylic acid groups (broad SMARTS) is 1. The van der Waals surface area contributed by atoms with Crippen molar-refractivity contribution in [2.75, 3.05) is 39.4 Å². The maximum Gasteiger partial charge on any atom is 0.407 e. The molecule has 1 aromatic carbocycles. The van der Waals surface area contributed by atoms with Crippen LogP contribution in [0.4, 0.5) is 4.79 Å². The summed E-state index contributed by atoms with van der Waals surface area (Å²) in [6, 6.07) is 6.43. The zero-order chi connectivity index (χ0) is 21.8. The average molecular weight is 446 g/mol. The van der Waals surface area contributed by atoms with Gasteiger partial charge in [0.1, 0.15) is 0 Å². The smallest absolute Gasteiger partial charge is 0.407 e. The minimum Gasteiger partial charge on any atom is -0.465 e. The molecule has 2 aromatic rings. The Morgan fingerprint density at radius 1 is 1.10 bits per heavy atom. The molecule has 0 spiro atoms. The lowest BCUT2D eigenvalue weighted by Gasteiger charge is -2.26. The summed E-state index contributed by atoms with van der Waals surface area (Å²) < 4.78 is 33.0. The Morgan fingerprint density at radius 3 is 2.55 bits per heavy atom. The average Bonchev–Trinajstić information content (AvgIpc) is 3.39. The lowest BCUT2D eigenvalue weighted by atomic mass is 10.0. The lowest BCUT2D eigenvalue weighted by molar-refractivity contribution is 0.0297. The molecule has 11 heteroatoms. The first kappa shape index (κ1) is 20.0. The second kappa shape index (κ2) is 7.34. The molecular formula is C20H22N4O6S. The molecular weight excluding hydrogens is 424 g/mol. The maximum atomic E-state index is 13.3. The number of benzene rings is 1. The van der Waals surface area contributed by atoms with Crippen LogP contribution in [-0.4, -0.2) is 84.5 Å². The van der Waals surface area contributed by atoms with Gasteiger partial charge < -0.3 is 19.6 Å². The Bertz CT molecular complexity index is 1170. The number of ether oxygens (including phenoxy) is 1. The fourth-order valence-corrected chi connectivity index (χ4v) is 6.15. The van der Waals surface area contributed by atoms with E-state index in [1.807, 2.05) is 0 Å². The SMILES string of the molecule is O=C(O)N1CCC(n2nc(C(=O)N3CCOCC3)c3c2-c2ccccc2S(=O)(=O)C3)C1. The molecule has 1 N–H and O–H groups in total. The number of hydrogen-bond donors (Lipinski definition) is 1. The number of carbonyl (C=O) groups is 2. The summed E-state index contributed by atoms with van der Waals surface area (Å²) in [6.45, 7) is 2.28. The number of morpholine rings is 1. The Labute approximate surface area is 178 Å². The highest BCUT2D eigenvalue weighted by Crippen LogP contribution is 2.41. The van der Waals surface area contributed by atoms with Crippen LogP contribution in [0.25, 0.3) is 11.3 Å². The van der Waals surface area contributed by atoms with Gasteiger partial charge in [0.15, 0.2) is 15.5 Å². The van der Waals surface area contributed by atoms with E-state index in [2.05, 4.69) is 5.10 Å². The molecule has 0 bridgehead atoms. The fraction of sp³-hybridized carbons (Fsp3) is 0.450. The van der Waals surface area contributed by atoms with Gasteiger partial charge in [-0.3, -0.25) is 9.48 Å². The maximum absolute atomic E-state index is 13.3. The normalized spacial score (nSPS) is 22.1. The van der Waals surface area contributed by atoms with Crippen molar-refractivity contribution in [3.05, 3.63) is 35.5 Å². The minimum absolute atomic E-state index is 0.128. The van der Waals surface area contributed by atoms with Gasteiger partial charge >= 0.3 is 6.09 Å². The predicted molar refractivity (Wildman–Crippen MR) is 109 cm³/mol. The van der Waals surface area contributed by atoms with Crippen molar-refractivity contribution in [3.63, 3.8) is 0 Å². The molecule has 0 radical (unpaired) electrons. The topological polar surface area (TPSA) is 122 Å². The van der Waals surface area contributed by atoms with Gasteiger partial charge in [0, 0.05) is 37.3 Å². The monoisotopic (exact) mass is 446 g/mol. The quantitative estimate of drug-likeness (QED) is 0.736. The van der Waals surface area contributed by atoms with Gasteiger partial charge in [-0.15, -0.1) is 0 Å². The number of rotatable bonds is 2. The first-order chi connectivity index (χ1) is 14.9. The van der Waals surface area contributed by atoms with Crippen LogP contribution >= 0.6 is 0 Å². The fourth-order valence-electron chi connectivity index (χ4n) is 4.56. The summed E-state index contributed by atoms with van der Waals surface area (Å²) in [5.74, 6) is -0.624. The Kier molecular flexibility index (Phi) is 4.74. The number of aromatic nitrogens is 2. The number of amides is 2. The summed E-state index contributed by atoms with van der Waals surface area (Å²) in [6.07, 6.45) is -0.461. The molecule has 164 valence electrons. The molecule has 3 aliphatic heterocycles. The highest BCUT2D eigenvalue weighted by molar-refractivity contribution is 7.90. The molecule has 2 saturated heterocycles. The van der Waals surface area contributed by atoms with Gasteiger partial charge in [0.05, 0.1) is 35.6 Å². The van der Waals surface area contributed by atoms with Crippen LogP contribution in [0.3, 0.4) is 0 Å². The molecule has 31 heavy (non-hydrogen) atoms. The van der Waals surface area contributed by atoms with Crippen molar-refractivity contribution >= 4 is 21.8 Å². The number of nitrogens with zero attached hydrogens (tertiary/aromatic N) is 4. The summed E-state index contributed by atoms with van der Waals surface area (Å²) in [4.78, 5) is 27.9. The van der Waals surface area contributed by atoms with Gasteiger partial charge in [-0.2, -0.15) is 5.10 Å². The van der Waals surface area contributed by atoms with E-state index in [1.165, 1.54) is 4.90 Å². The number of sulfone groups is 1. The van der Waals surface area contributed by atoms with Crippen molar-refractivity contribution in [2.45, 2.75) is 23.1 Å². The number of fused-ring (bicyclic) bond motifs is 3. The van der Waals surface area contributed by atoms with Gasteiger partial charge in [-0.1, -0.05) is 18.2 Å². The van der Waals surface area contributed by atoms with Crippen LogP contribution in [0.15, 0.2) is 29.2 Å². The van der Waals surface area contributed by atoms with Crippen molar-refractivity contribution in [3.8, 4) is 11.3 Å². The zero-order valence-electron chi connectivity index (χ0n) is 16.7. The minimum atomic E-state index is -3.63. The molecule has 1 unspecified atom stereocenters. The third-order valence-corrected chi connectivity index (χ3v) is 7.80. The van der Waals surface area contributed by atoms with Gasteiger partial charge in [0.25, 0.3) is 5.91 Å². The number of likely N-dealkylation sites (tertiary alicyclic amines) is 1. The summed E-state index contributed by atoms with van der Waals surface area (Å²) in [5, 5.41) is 14.0. The number of carbonyl (C=O) groups excluding carboxylic acids is 1. The van der Waals surface area contributed by atoms with Crippen molar-refractivity contribution in [1.29, 1.82) is 0 Å². The van der Waals surface area contributed by atoms with Crippen molar-refractivity contribution in [2.24, 2.45) is 0 Å². The zero-order valence-corrected chi connectivity index (χ0v) is 17.5. The highest BCUT2D eigenvalue weighted by Gasteiger charge is 2.39. The Morgan fingerprint density at radius 2 is 1.84 bits per heavy atom. The van der Waals surface area contributed by atoms with Crippen molar-refractivity contribution in [1.82, 2.24) is 19.6 Å². The first-order valence-electron chi connectivity index (χ1n) is 10.2. The van der Waals surface area contributed by atoms with E-state index in [9.17, 15) is 23.1 Å². The van der Waals surface area contributed by atoms with Crippen LogP contribution in [0.2, 0.25) is 0 Å². The van der Waals surface area contributed by atoms with E-state index in [1.54, 1.807) is 33.8 Å². The van der Waals surface area contributed by atoms with E-state index in [0.717, 1.165) is 0 Å².